The summed E-state index contributed by atoms with van der Waals surface area (Å²) in [6, 6.07) is 50.5. The number of hydrogen-bond acceptors (Lipinski definition) is 10. The number of aliphatic hydroxyl groups excluding tert-OH is 2. The maximum atomic E-state index is 13.3. The molecule has 8 aromatic rings. The van der Waals surface area contributed by atoms with E-state index >= 15 is 0 Å². The Morgan fingerprint density at radius 1 is 0.560 bits per heavy atom. The molecule has 0 aliphatic carbocycles. The number of carbonyl (C=O) groups is 4. The topological polar surface area (TPSA) is 261 Å². The molecule has 2 aromatic heterocycles. The summed E-state index contributed by atoms with van der Waals surface area (Å²) in [6.45, 7) is 7.49. The number of halogens is 1. The first-order valence-corrected chi connectivity index (χ1v) is 24.3. The van der Waals surface area contributed by atoms with E-state index in [1.807, 2.05) is 140 Å². The van der Waals surface area contributed by atoms with Gasteiger partial charge in [0.15, 0.2) is 12.2 Å². The Labute approximate surface area is 445 Å². The van der Waals surface area contributed by atoms with Crippen molar-refractivity contribution < 1.29 is 39.4 Å². The molecule has 388 valence electrons. The van der Waals surface area contributed by atoms with Crippen molar-refractivity contribution >= 4 is 52.1 Å². The van der Waals surface area contributed by atoms with E-state index in [0.717, 1.165) is 38.0 Å². The van der Waals surface area contributed by atoms with E-state index in [0.29, 0.717) is 33.9 Å². The standard InChI is InChI=1S/C28H28N4O3.C21H21BrN4O3.C7H9BO2.CH4/c1-18-8-6-7-11-23(18)21-12-14-22(15-13-21)32-25(16-19(2)31-32)28(35)30-24(26(33)27(29)34)17-20-9-4-3-5-10-20;1-13-11-18(26(25-13)16-9-7-15(22)8-10-16)21(29)24-17(19(27)20(23)28)12-14-5-3-2-4-6-14;1-6-4-2-3-5-7(6)8(9)10;/h3-16,24,26,33H,17H2,1-2H3,(H2,29,34)(H,30,35);2-11,17,19,27H,12H2,1H3,(H2,23,28)(H,24,29);2-5,9-10H,1H3;1H4/t24-,26?;17-,19?;;/m00../s1. The second kappa shape index (κ2) is 27.3. The molecule has 75 heavy (non-hydrogen) atoms. The largest absolute Gasteiger partial charge is 0.488 e. The zero-order valence-electron chi connectivity index (χ0n) is 41.2. The van der Waals surface area contributed by atoms with Gasteiger partial charge >= 0.3 is 7.12 Å². The van der Waals surface area contributed by atoms with Crippen molar-refractivity contribution in [1.82, 2.24) is 30.2 Å². The average Bonchev–Trinajstić information content (AvgIpc) is 3.99. The van der Waals surface area contributed by atoms with Gasteiger partial charge in [-0.1, -0.05) is 150 Å². The van der Waals surface area contributed by atoms with Gasteiger partial charge in [-0.2, -0.15) is 10.2 Å². The highest BCUT2D eigenvalue weighted by atomic mass is 79.9. The fourth-order valence-electron chi connectivity index (χ4n) is 7.95. The molecule has 4 amide bonds. The van der Waals surface area contributed by atoms with Gasteiger partial charge in [0.1, 0.15) is 11.4 Å². The number of nitrogens with zero attached hydrogens (tertiary/aromatic N) is 4. The summed E-state index contributed by atoms with van der Waals surface area (Å²) in [4.78, 5) is 49.6. The minimum atomic E-state index is -1.54. The zero-order chi connectivity index (χ0) is 53.5. The van der Waals surface area contributed by atoms with E-state index in [1.165, 1.54) is 10.2 Å². The van der Waals surface area contributed by atoms with E-state index in [-0.39, 0.29) is 20.3 Å². The third-order valence-electron chi connectivity index (χ3n) is 11.8. The Kier molecular flexibility index (Phi) is 21.1. The van der Waals surface area contributed by atoms with Crippen molar-refractivity contribution in [3.63, 3.8) is 0 Å². The second-order valence-corrected chi connectivity index (χ2v) is 18.4. The Hall–Kier alpha value is -8.00. The first-order chi connectivity index (χ1) is 35.4. The average molecular weight is 1080 g/mol. The summed E-state index contributed by atoms with van der Waals surface area (Å²) in [5, 5.41) is 52.6. The van der Waals surface area contributed by atoms with Crippen molar-refractivity contribution in [2.24, 2.45) is 11.5 Å². The van der Waals surface area contributed by atoms with Crippen LogP contribution in [0.4, 0.5) is 0 Å². The molecule has 4 atom stereocenters. The number of amides is 4. The number of nitrogens with two attached hydrogens (primary N) is 2. The molecule has 0 aliphatic heterocycles. The summed E-state index contributed by atoms with van der Waals surface area (Å²) in [6.07, 6.45) is -2.56. The number of hydrogen-bond donors (Lipinski definition) is 8. The maximum Gasteiger partial charge on any atom is 0.488 e. The Morgan fingerprint density at radius 2 is 0.947 bits per heavy atom. The van der Waals surface area contributed by atoms with Crippen LogP contribution in [0, 0.1) is 27.7 Å². The minimum Gasteiger partial charge on any atom is -0.423 e. The van der Waals surface area contributed by atoms with E-state index in [1.54, 1.807) is 42.8 Å². The SMILES string of the molecule is C.Cc1cc(C(=O)N[C@@H](Cc2ccccc2)C(O)C(N)=O)n(-c2ccc(-c3ccccc3C)cc2)n1.Cc1cc(C(=O)N[C@@H](Cc2ccccc2)C(O)C(N)=O)n(-c2ccc(Br)cc2)n1.Cc1ccccc1B(O)O. The lowest BCUT2D eigenvalue weighted by molar-refractivity contribution is -0.127. The number of rotatable bonds is 16. The van der Waals surface area contributed by atoms with Gasteiger partial charge in [0.05, 0.1) is 34.8 Å². The minimum absolute atomic E-state index is 0. The Morgan fingerprint density at radius 3 is 1.33 bits per heavy atom. The quantitative estimate of drug-likeness (QED) is 0.0541. The van der Waals surface area contributed by atoms with Gasteiger partial charge in [-0.05, 0) is 122 Å². The molecule has 0 saturated heterocycles. The first kappa shape index (κ1) is 57.9. The zero-order valence-corrected chi connectivity index (χ0v) is 42.8. The lowest BCUT2D eigenvalue weighted by Crippen LogP contribution is -2.50. The van der Waals surface area contributed by atoms with Crippen LogP contribution in [0.15, 0.2) is 174 Å². The number of aliphatic hydroxyl groups is 2. The van der Waals surface area contributed by atoms with Crippen LogP contribution < -0.4 is 27.6 Å². The molecule has 16 nitrogen and oxygen atoms in total. The van der Waals surface area contributed by atoms with E-state index < -0.39 is 55.0 Å². The van der Waals surface area contributed by atoms with Crippen LogP contribution in [-0.2, 0) is 22.4 Å². The molecule has 0 radical (unpaired) electrons. The highest BCUT2D eigenvalue weighted by molar-refractivity contribution is 9.10. The molecular formula is C57H62BBrN8O8. The Bertz CT molecular complexity index is 3150. The van der Waals surface area contributed by atoms with Gasteiger partial charge in [0, 0.05) is 4.47 Å². The third kappa shape index (κ3) is 16.0. The van der Waals surface area contributed by atoms with Crippen molar-refractivity contribution in [2.45, 2.75) is 72.3 Å². The third-order valence-corrected chi connectivity index (χ3v) is 12.3. The highest BCUT2D eigenvalue weighted by Crippen LogP contribution is 2.25. The number of aromatic nitrogens is 4. The molecule has 8 rings (SSSR count). The van der Waals surface area contributed by atoms with E-state index in [9.17, 15) is 29.4 Å². The normalized spacial score (nSPS) is 12.2. The second-order valence-electron chi connectivity index (χ2n) is 17.5. The van der Waals surface area contributed by atoms with Crippen molar-refractivity contribution in [1.29, 1.82) is 0 Å². The lowest BCUT2D eigenvalue weighted by Gasteiger charge is -2.22. The van der Waals surface area contributed by atoms with Gasteiger partial charge in [-0.25, -0.2) is 9.36 Å². The lowest BCUT2D eigenvalue weighted by atomic mass is 9.77. The predicted molar refractivity (Wildman–Crippen MR) is 295 cm³/mol. The van der Waals surface area contributed by atoms with Crippen LogP contribution in [0.2, 0.25) is 0 Å². The van der Waals surface area contributed by atoms with Crippen LogP contribution in [0.1, 0.15) is 62.0 Å². The summed E-state index contributed by atoms with van der Waals surface area (Å²) in [5.41, 5.74) is 20.5. The van der Waals surface area contributed by atoms with Gasteiger partial charge in [-0.3, -0.25) is 19.2 Å². The molecule has 0 saturated carbocycles. The number of primary amides is 2. The summed E-state index contributed by atoms with van der Waals surface area (Å²) >= 11 is 3.38. The van der Waals surface area contributed by atoms with Gasteiger partial charge < -0.3 is 42.4 Å². The molecule has 0 spiro atoms. The molecule has 0 fully saturated rings. The first-order valence-electron chi connectivity index (χ1n) is 23.5. The van der Waals surface area contributed by atoms with Crippen molar-refractivity contribution in [2.75, 3.05) is 0 Å². The fraction of sp³-hybridized carbons (Fsp3) is 0.193. The summed E-state index contributed by atoms with van der Waals surface area (Å²) in [7, 11) is -1.35. The van der Waals surface area contributed by atoms with Crippen LogP contribution >= 0.6 is 15.9 Å². The van der Waals surface area contributed by atoms with Crippen LogP contribution in [0.5, 0.6) is 0 Å². The molecule has 2 unspecified atom stereocenters. The molecule has 0 aliphatic rings. The summed E-state index contributed by atoms with van der Waals surface area (Å²) < 4.78 is 3.99. The van der Waals surface area contributed by atoms with Crippen LogP contribution in [0.25, 0.3) is 22.5 Å². The summed E-state index contributed by atoms with van der Waals surface area (Å²) in [5.74, 6) is -2.73. The monoisotopic (exact) mass is 1080 g/mol. The molecule has 10 N–H and O–H groups in total. The van der Waals surface area contributed by atoms with Gasteiger partial charge in [0.25, 0.3) is 11.8 Å². The number of aryl methyl sites for hydroxylation is 4. The number of benzene rings is 6. The fourth-order valence-corrected chi connectivity index (χ4v) is 8.22. The van der Waals surface area contributed by atoms with Gasteiger partial charge in [0.2, 0.25) is 11.8 Å². The Balaban J connectivity index is 0.000000234. The maximum absolute atomic E-state index is 13.3. The number of nitrogens with one attached hydrogen (secondary N) is 2. The molecule has 2 heterocycles. The van der Waals surface area contributed by atoms with Crippen molar-refractivity contribution in [3.05, 3.63) is 219 Å². The number of carbonyl (C=O) groups excluding carboxylic acids is 4. The highest BCUT2D eigenvalue weighted by Gasteiger charge is 2.30. The van der Waals surface area contributed by atoms with Crippen LogP contribution in [-0.4, -0.2) is 94.9 Å². The molecule has 18 heteroatoms. The van der Waals surface area contributed by atoms with E-state index in [2.05, 4.69) is 55.8 Å². The predicted octanol–water partition coefficient (Wildman–Crippen LogP) is 5.78. The van der Waals surface area contributed by atoms with E-state index in [4.69, 9.17) is 21.5 Å². The van der Waals surface area contributed by atoms with Gasteiger partial charge in [-0.15, -0.1) is 0 Å². The molecular weight excluding hydrogens is 1020 g/mol. The van der Waals surface area contributed by atoms with Crippen LogP contribution in [0.3, 0.4) is 0 Å². The van der Waals surface area contributed by atoms with Crippen molar-refractivity contribution in [3.8, 4) is 22.5 Å². The smallest absolute Gasteiger partial charge is 0.423 e. The molecule has 0 bridgehead atoms. The molecule has 6 aromatic carbocycles.